The molecular weight excluding hydrogens is 240 g/mol. The number of amides is 1. The van der Waals surface area contributed by atoms with Gasteiger partial charge in [0.05, 0.1) is 16.8 Å². The summed E-state index contributed by atoms with van der Waals surface area (Å²) in [7, 11) is 0. The fraction of sp³-hybridized carbons (Fsp3) is 0.357. The zero-order valence-electron chi connectivity index (χ0n) is 10.3. The van der Waals surface area contributed by atoms with Crippen LogP contribution in [0.2, 0.25) is 0 Å². The molecular formula is C14H12N4O. The first-order valence-electron chi connectivity index (χ1n) is 6.17. The van der Waals surface area contributed by atoms with E-state index in [0.29, 0.717) is 28.7 Å². The van der Waals surface area contributed by atoms with Gasteiger partial charge in [-0.05, 0) is 30.4 Å². The van der Waals surface area contributed by atoms with Crippen LogP contribution in [0.25, 0.3) is 0 Å². The summed E-state index contributed by atoms with van der Waals surface area (Å²) < 4.78 is 0. The Hall–Kier alpha value is -2.53. The van der Waals surface area contributed by atoms with Crippen molar-refractivity contribution >= 4 is 11.6 Å². The summed E-state index contributed by atoms with van der Waals surface area (Å²) in [5, 5.41) is 18.5. The smallest absolute Gasteiger partial charge is 0.248 e. The second-order valence-electron chi connectivity index (χ2n) is 5.17. The molecule has 0 aromatic heterocycles. The molecule has 1 amide bonds. The maximum Gasteiger partial charge on any atom is 0.248 e. The number of rotatable bonds is 2. The number of piperidine rings is 1. The Bertz CT molecular complexity index is 607. The van der Waals surface area contributed by atoms with Crippen molar-refractivity contribution in [1.82, 2.24) is 0 Å². The molecule has 0 bridgehead atoms. The van der Waals surface area contributed by atoms with Crippen LogP contribution in [-0.2, 0) is 0 Å². The number of fused-ring (bicyclic) bond motifs is 1. The minimum absolute atomic E-state index is 0.209. The monoisotopic (exact) mass is 252 g/mol. The highest BCUT2D eigenvalue weighted by Crippen LogP contribution is 2.47. The van der Waals surface area contributed by atoms with Gasteiger partial charge in [0, 0.05) is 18.7 Å². The first kappa shape index (κ1) is 11.6. The predicted octanol–water partition coefficient (Wildman–Crippen LogP) is 0.985. The Morgan fingerprint density at radius 3 is 2.16 bits per heavy atom. The molecule has 1 aromatic rings. The lowest BCUT2D eigenvalue weighted by Gasteiger charge is -2.23. The molecule has 2 fully saturated rings. The molecule has 94 valence electrons. The van der Waals surface area contributed by atoms with Crippen LogP contribution in [-0.4, -0.2) is 19.0 Å². The van der Waals surface area contributed by atoms with Gasteiger partial charge >= 0.3 is 0 Å². The van der Waals surface area contributed by atoms with E-state index in [-0.39, 0.29) is 5.56 Å². The molecule has 1 saturated heterocycles. The highest BCUT2D eigenvalue weighted by Gasteiger charge is 2.46. The van der Waals surface area contributed by atoms with Gasteiger partial charge in [-0.3, -0.25) is 4.79 Å². The number of carbonyl (C=O) groups is 1. The minimum Gasteiger partial charge on any atom is -0.369 e. The first-order valence-corrected chi connectivity index (χ1v) is 6.17. The maximum absolute atomic E-state index is 11.2. The molecule has 1 aliphatic heterocycles. The minimum atomic E-state index is -0.621. The van der Waals surface area contributed by atoms with Crippen LogP contribution in [0.4, 0.5) is 5.69 Å². The van der Waals surface area contributed by atoms with Gasteiger partial charge < -0.3 is 10.6 Å². The van der Waals surface area contributed by atoms with Crippen molar-refractivity contribution < 1.29 is 4.79 Å². The van der Waals surface area contributed by atoms with Gasteiger partial charge in [0.1, 0.15) is 12.1 Å². The molecule has 2 N–H and O–H groups in total. The van der Waals surface area contributed by atoms with Crippen molar-refractivity contribution in [3.05, 3.63) is 28.8 Å². The Balaban J connectivity index is 2.09. The quantitative estimate of drug-likeness (QED) is 0.849. The van der Waals surface area contributed by atoms with Crippen LogP contribution in [0.1, 0.15) is 27.9 Å². The molecule has 2 unspecified atom stereocenters. The molecule has 2 atom stereocenters. The van der Waals surface area contributed by atoms with Gasteiger partial charge in [0.25, 0.3) is 0 Å². The van der Waals surface area contributed by atoms with Crippen molar-refractivity contribution in [2.45, 2.75) is 6.42 Å². The van der Waals surface area contributed by atoms with E-state index in [9.17, 15) is 15.3 Å². The van der Waals surface area contributed by atoms with Crippen LogP contribution < -0.4 is 10.6 Å². The molecule has 3 rings (SSSR count). The Morgan fingerprint density at radius 1 is 1.21 bits per heavy atom. The van der Waals surface area contributed by atoms with E-state index in [4.69, 9.17) is 5.73 Å². The van der Waals surface area contributed by atoms with Gasteiger partial charge in [-0.2, -0.15) is 10.5 Å². The van der Waals surface area contributed by atoms with Gasteiger partial charge in [-0.15, -0.1) is 0 Å². The lowest BCUT2D eigenvalue weighted by molar-refractivity contribution is 0.1000. The van der Waals surface area contributed by atoms with Crippen LogP contribution >= 0.6 is 0 Å². The average Bonchev–Trinajstić information content (AvgIpc) is 3.03. The van der Waals surface area contributed by atoms with Crippen LogP contribution in [0, 0.1) is 34.5 Å². The van der Waals surface area contributed by atoms with Crippen LogP contribution in [0.5, 0.6) is 0 Å². The number of nitriles is 2. The van der Waals surface area contributed by atoms with Crippen molar-refractivity contribution in [2.24, 2.45) is 17.6 Å². The molecule has 5 nitrogen and oxygen atoms in total. The first-order chi connectivity index (χ1) is 9.13. The van der Waals surface area contributed by atoms with Crippen molar-refractivity contribution in [3.8, 4) is 12.1 Å². The van der Waals surface area contributed by atoms with E-state index in [0.717, 1.165) is 13.1 Å². The molecule has 1 aliphatic carbocycles. The molecule has 0 radical (unpaired) electrons. The van der Waals surface area contributed by atoms with Crippen molar-refractivity contribution in [1.29, 1.82) is 10.5 Å². The summed E-state index contributed by atoms with van der Waals surface area (Å²) in [6.45, 7) is 1.79. The average molecular weight is 252 g/mol. The number of benzene rings is 1. The molecule has 1 aromatic carbocycles. The molecule has 1 heterocycles. The number of nitrogens with two attached hydrogens (primary N) is 1. The Kier molecular flexibility index (Phi) is 2.43. The van der Waals surface area contributed by atoms with Gasteiger partial charge in [0.2, 0.25) is 5.91 Å². The van der Waals surface area contributed by atoms with Crippen molar-refractivity contribution in [3.63, 3.8) is 0 Å². The normalized spacial score (nSPS) is 23.4. The highest BCUT2D eigenvalue weighted by atomic mass is 16.1. The largest absolute Gasteiger partial charge is 0.369 e. The second-order valence-corrected chi connectivity index (χ2v) is 5.17. The number of carbonyl (C=O) groups excluding carboxylic acids is 1. The summed E-state index contributed by atoms with van der Waals surface area (Å²) in [4.78, 5) is 13.3. The molecule has 0 spiro atoms. The Morgan fingerprint density at radius 2 is 1.74 bits per heavy atom. The van der Waals surface area contributed by atoms with E-state index < -0.39 is 5.91 Å². The number of anilines is 1. The number of nitrogens with zero attached hydrogens (tertiary/aromatic N) is 3. The van der Waals surface area contributed by atoms with Gasteiger partial charge in [0.15, 0.2) is 0 Å². The number of hydrogen-bond donors (Lipinski definition) is 1. The maximum atomic E-state index is 11.2. The standard InChI is InChI=1S/C14H12N4O/c15-4-9-1-8(14(17)19)2-10(5-16)13(9)18-6-11-3-12(11)7-18/h1-2,11-12H,3,6-7H2,(H2,17,19). The number of hydrogen-bond acceptors (Lipinski definition) is 4. The second kappa shape index (κ2) is 4.00. The third-order valence-electron chi connectivity index (χ3n) is 3.93. The zero-order valence-corrected chi connectivity index (χ0v) is 10.3. The van der Waals surface area contributed by atoms with E-state index in [1.54, 1.807) is 0 Å². The summed E-state index contributed by atoms with van der Waals surface area (Å²) in [6, 6.07) is 7.09. The predicted molar refractivity (Wildman–Crippen MR) is 68.2 cm³/mol. The molecule has 2 aliphatic rings. The number of primary amides is 1. The fourth-order valence-electron chi connectivity index (χ4n) is 2.87. The summed E-state index contributed by atoms with van der Waals surface area (Å²) in [5.41, 5.74) is 6.80. The van der Waals surface area contributed by atoms with Crippen LogP contribution in [0.3, 0.4) is 0 Å². The van der Waals surface area contributed by atoms with Crippen LogP contribution in [0.15, 0.2) is 12.1 Å². The topological polar surface area (TPSA) is 93.9 Å². The van der Waals surface area contributed by atoms with E-state index >= 15 is 0 Å². The fourth-order valence-corrected chi connectivity index (χ4v) is 2.87. The summed E-state index contributed by atoms with van der Waals surface area (Å²) >= 11 is 0. The highest BCUT2D eigenvalue weighted by molar-refractivity contribution is 5.95. The lowest BCUT2D eigenvalue weighted by atomic mass is 10.0. The molecule has 1 saturated carbocycles. The molecule has 19 heavy (non-hydrogen) atoms. The summed E-state index contributed by atoms with van der Waals surface area (Å²) in [6.07, 6.45) is 1.25. The Labute approximate surface area is 110 Å². The SMILES string of the molecule is N#Cc1cc(C(N)=O)cc(C#N)c1N1CC2CC2C1. The third-order valence-corrected chi connectivity index (χ3v) is 3.93. The van der Waals surface area contributed by atoms with E-state index in [1.165, 1.54) is 18.6 Å². The van der Waals surface area contributed by atoms with Gasteiger partial charge in [-0.1, -0.05) is 0 Å². The third kappa shape index (κ3) is 1.80. The van der Waals surface area contributed by atoms with E-state index in [1.807, 2.05) is 0 Å². The summed E-state index contributed by atoms with van der Waals surface area (Å²) in [5.74, 6) is 0.784. The van der Waals surface area contributed by atoms with Gasteiger partial charge in [-0.25, -0.2) is 0 Å². The lowest BCUT2D eigenvalue weighted by Crippen LogP contribution is -2.24. The molecule has 5 heteroatoms. The van der Waals surface area contributed by atoms with Crippen molar-refractivity contribution in [2.75, 3.05) is 18.0 Å². The zero-order chi connectivity index (χ0) is 13.6. The van der Waals surface area contributed by atoms with E-state index in [2.05, 4.69) is 17.0 Å².